The van der Waals surface area contributed by atoms with E-state index in [0.29, 0.717) is 33.4 Å². The van der Waals surface area contributed by atoms with E-state index in [9.17, 15) is 48.9 Å². The number of carbonyl (C=O) groups is 7. The smallest absolute Gasteiger partial charge is 0.336 e. The number of carboxylic acid groups (broad SMARTS) is 4. The molecule has 0 radical (unpaired) electrons. The van der Waals surface area contributed by atoms with Gasteiger partial charge in [-0.2, -0.15) is 0 Å². The Morgan fingerprint density at radius 2 is 1.44 bits per heavy atom. The summed E-state index contributed by atoms with van der Waals surface area (Å²) in [6, 6.07) is 12.6. The van der Waals surface area contributed by atoms with Gasteiger partial charge in [0.25, 0.3) is 5.91 Å². The molecule has 0 aromatic heterocycles. The zero-order chi connectivity index (χ0) is 42.1. The molecule has 17 nitrogen and oxygen atoms in total. The number of fused-ring (bicyclic) bond motifs is 2. The number of anilines is 1. The third kappa shape index (κ3) is 10.9. The predicted molar refractivity (Wildman–Crippen MR) is 208 cm³/mol. The summed E-state index contributed by atoms with van der Waals surface area (Å²) in [6.07, 6.45) is -1.11. The van der Waals surface area contributed by atoms with Crippen LogP contribution in [-0.2, 0) is 24.0 Å². The predicted octanol–water partition coefficient (Wildman–Crippen LogP) is 2.54. The number of benzene rings is 3. The van der Waals surface area contributed by atoms with Crippen molar-refractivity contribution in [3.63, 3.8) is 0 Å². The maximum Gasteiger partial charge on any atom is 0.336 e. The molecule has 0 bridgehead atoms. The zero-order valence-corrected chi connectivity index (χ0v) is 32.1. The van der Waals surface area contributed by atoms with Crippen molar-refractivity contribution in [1.82, 2.24) is 20.5 Å². The maximum atomic E-state index is 13.2. The summed E-state index contributed by atoms with van der Waals surface area (Å²) in [7, 11) is 7.59. The number of rotatable bonds is 18. The average Bonchev–Trinajstić information content (AvgIpc) is 3.14. The summed E-state index contributed by atoms with van der Waals surface area (Å²) in [5, 5.41) is 46.9. The van der Waals surface area contributed by atoms with Crippen LogP contribution in [0.3, 0.4) is 0 Å². The molecule has 0 fully saturated rings. The molecule has 4 rings (SSSR count). The molecule has 1 aliphatic heterocycles. The van der Waals surface area contributed by atoms with E-state index in [1.165, 1.54) is 19.1 Å². The van der Waals surface area contributed by atoms with Gasteiger partial charge in [-0.1, -0.05) is 13.0 Å². The number of amides is 3. The first-order valence-electron chi connectivity index (χ1n) is 18.0. The number of nitrogens with one attached hydrogen (secondary N) is 3. The molecule has 57 heavy (non-hydrogen) atoms. The van der Waals surface area contributed by atoms with Gasteiger partial charge in [0.05, 0.1) is 24.5 Å². The molecular formula is C40H46N5O12+. The standard InChI is InChI=1S/C40H45N5O12/c1-21(16-33(46)47)36(50)43-30(20-34(48)49)38(52)42-29(40(55)56)8-6-7-15-41-37(51)22-9-12-25(28(17-22)39(53)54)35-26-13-10-23(44(2)3)18-31(26)57-32-19-24(45(4)5)11-14-27(32)35/h9-14,17-19,21,29-30H,6-8,15-16,20H2,1-5H3,(H6-,41,42,43,46,47,48,49,50,51,52,53,54,55,56)/p+1/t21-,29-,30-/m0/s1. The van der Waals surface area contributed by atoms with E-state index in [1.807, 2.05) is 74.1 Å². The highest BCUT2D eigenvalue weighted by Gasteiger charge is 2.30. The lowest BCUT2D eigenvalue weighted by Gasteiger charge is -2.21. The van der Waals surface area contributed by atoms with Gasteiger partial charge in [-0.15, -0.1) is 0 Å². The van der Waals surface area contributed by atoms with Gasteiger partial charge >= 0.3 is 23.9 Å². The molecule has 7 N–H and O–H groups in total. The lowest BCUT2D eigenvalue weighted by Crippen LogP contribution is -2.53. The Hall–Kier alpha value is -6.78. The largest absolute Gasteiger partial charge is 0.481 e. The minimum absolute atomic E-state index is 0.0698. The van der Waals surface area contributed by atoms with E-state index in [1.54, 1.807) is 6.07 Å². The third-order valence-corrected chi connectivity index (χ3v) is 9.26. The summed E-state index contributed by atoms with van der Waals surface area (Å²) in [5.41, 5.74) is 3.06. The monoisotopic (exact) mass is 788 g/mol. The Kier molecular flexibility index (Phi) is 14.1. The average molecular weight is 789 g/mol. The highest BCUT2D eigenvalue weighted by atomic mass is 16.4. The second-order valence-electron chi connectivity index (χ2n) is 14.0. The normalized spacial score (nSPS) is 12.6. The van der Waals surface area contributed by atoms with Crippen molar-refractivity contribution in [2.45, 2.75) is 51.1 Å². The topological polar surface area (TPSA) is 256 Å². The molecule has 17 heteroatoms. The minimum Gasteiger partial charge on any atom is -0.481 e. The van der Waals surface area contributed by atoms with E-state index in [4.69, 9.17) is 9.52 Å². The quantitative estimate of drug-likeness (QED) is 0.0435. The molecule has 1 aliphatic carbocycles. The Balaban J connectivity index is 1.48. The van der Waals surface area contributed by atoms with Gasteiger partial charge in [0.2, 0.25) is 17.2 Å². The molecule has 0 saturated heterocycles. The van der Waals surface area contributed by atoms with Crippen LogP contribution < -0.4 is 30.8 Å². The fourth-order valence-corrected chi connectivity index (χ4v) is 6.15. The summed E-state index contributed by atoms with van der Waals surface area (Å²) in [5.74, 6) is -8.48. The minimum atomic E-state index is -1.66. The highest BCUT2D eigenvalue weighted by molar-refractivity contribution is 6.09. The molecule has 2 aromatic carbocycles. The number of aliphatic carboxylic acids is 3. The number of carbonyl (C=O) groups excluding carboxylic acids is 3. The summed E-state index contributed by atoms with van der Waals surface area (Å²) >= 11 is 0. The maximum absolute atomic E-state index is 13.2. The van der Waals surface area contributed by atoms with Crippen LogP contribution in [0.25, 0.3) is 33.4 Å². The molecule has 0 spiro atoms. The van der Waals surface area contributed by atoms with Gasteiger partial charge in [-0.05, 0) is 55.2 Å². The van der Waals surface area contributed by atoms with Crippen LogP contribution in [0.5, 0.6) is 0 Å². The van der Waals surface area contributed by atoms with Gasteiger partial charge in [0, 0.05) is 66.5 Å². The van der Waals surface area contributed by atoms with Gasteiger partial charge in [0.15, 0.2) is 0 Å². The van der Waals surface area contributed by atoms with E-state index in [0.717, 1.165) is 11.0 Å². The molecule has 2 aromatic rings. The van der Waals surface area contributed by atoms with Crippen LogP contribution in [0.4, 0.5) is 5.69 Å². The molecular weight excluding hydrogens is 742 g/mol. The number of nitrogens with zero attached hydrogens (tertiary/aromatic N) is 2. The van der Waals surface area contributed by atoms with E-state index >= 15 is 0 Å². The second-order valence-corrected chi connectivity index (χ2v) is 14.0. The van der Waals surface area contributed by atoms with Crippen molar-refractivity contribution in [3.8, 4) is 22.5 Å². The number of hydrogen-bond acceptors (Lipinski definition) is 9. The lowest BCUT2D eigenvalue weighted by atomic mass is 9.89. The zero-order valence-electron chi connectivity index (χ0n) is 32.1. The molecule has 3 amide bonds. The highest BCUT2D eigenvalue weighted by Crippen LogP contribution is 2.42. The third-order valence-electron chi connectivity index (χ3n) is 9.26. The number of unbranched alkanes of at least 4 members (excludes halogenated alkanes) is 1. The molecule has 1 heterocycles. The Morgan fingerprint density at radius 1 is 0.772 bits per heavy atom. The molecule has 3 atom stereocenters. The van der Waals surface area contributed by atoms with Gasteiger partial charge in [0.1, 0.15) is 37.5 Å². The summed E-state index contributed by atoms with van der Waals surface area (Å²) in [6.45, 7) is 1.35. The Labute approximate surface area is 326 Å². The van der Waals surface area contributed by atoms with Crippen LogP contribution in [0.2, 0.25) is 0 Å². The molecule has 302 valence electrons. The van der Waals surface area contributed by atoms with Crippen molar-refractivity contribution in [2.24, 2.45) is 5.92 Å². The van der Waals surface area contributed by atoms with Crippen molar-refractivity contribution in [1.29, 1.82) is 0 Å². The Morgan fingerprint density at radius 3 is 2.05 bits per heavy atom. The van der Waals surface area contributed by atoms with Gasteiger partial charge < -0.3 is 45.7 Å². The summed E-state index contributed by atoms with van der Waals surface area (Å²) < 4.78 is 8.27. The van der Waals surface area contributed by atoms with Gasteiger partial charge in [-0.3, -0.25) is 24.0 Å². The molecule has 0 saturated carbocycles. The number of hydrogen-bond donors (Lipinski definition) is 7. The first-order chi connectivity index (χ1) is 26.9. The van der Waals surface area contributed by atoms with Crippen molar-refractivity contribution < 1.29 is 58.4 Å². The van der Waals surface area contributed by atoms with Crippen LogP contribution in [-0.4, -0.2) is 109 Å². The van der Waals surface area contributed by atoms with Crippen LogP contribution in [0, 0.1) is 5.92 Å². The Bertz CT molecular complexity index is 2260. The molecule has 2 aliphatic rings. The summed E-state index contributed by atoms with van der Waals surface area (Å²) in [4.78, 5) is 87.2. The van der Waals surface area contributed by atoms with Crippen LogP contribution in [0.15, 0.2) is 59.0 Å². The SMILES string of the molecule is C[C@@H](CC(=O)O)C(=O)N[C@@H](CC(=O)O)C(=O)N[C@@H](CCCCNC(=O)c1ccc(-c2c3ccc(=[N+](C)C)cc-3oc3cc(N(C)C)ccc23)c(C(=O)O)c1)C(=O)O. The lowest BCUT2D eigenvalue weighted by molar-refractivity contribution is -0.145. The number of aromatic carboxylic acids is 1. The van der Waals surface area contributed by atoms with E-state index in [2.05, 4.69) is 16.0 Å². The van der Waals surface area contributed by atoms with Crippen LogP contribution >= 0.6 is 0 Å². The first-order valence-corrected chi connectivity index (χ1v) is 18.0. The van der Waals surface area contributed by atoms with Gasteiger partial charge in [-0.25, -0.2) is 14.2 Å². The molecule has 0 unspecified atom stereocenters. The van der Waals surface area contributed by atoms with Crippen molar-refractivity contribution >= 4 is 58.3 Å². The first kappa shape index (κ1) is 43.0. The van der Waals surface area contributed by atoms with E-state index in [-0.39, 0.29) is 36.9 Å². The number of carboxylic acids is 4. The second kappa shape index (κ2) is 18.7. The van der Waals surface area contributed by atoms with Crippen LogP contribution in [0.1, 0.15) is 59.7 Å². The fraction of sp³-hybridized carbons (Fsp3) is 0.350. The van der Waals surface area contributed by atoms with E-state index < -0.39 is 72.4 Å². The fourth-order valence-electron chi connectivity index (χ4n) is 6.15. The van der Waals surface area contributed by atoms with Crippen molar-refractivity contribution in [3.05, 3.63) is 71.1 Å². The van der Waals surface area contributed by atoms with Crippen molar-refractivity contribution in [2.75, 3.05) is 39.6 Å².